The van der Waals surface area contributed by atoms with Gasteiger partial charge in [0.1, 0.15) is 6.54 Å². The van der Waals surface area contributed by atoms with Crippen LogP contribution in [0.1, 0.15) is 0 Å². The molecule has 0 radical (unpaired) electrons. The Morgan fingerprint density at radius 3 is 2.11 bits per heavy atom. The van der Waals surface area contributed by atoms with Crippen molar-refractivity contribution in [3.8, 4) is 17.2 Å². The van der Waals surface area contributed by atoms with E-state index in [9.17, 15) is 4.79 Å². The molecule has 1 amide bonds. The quantitative estimate of drug-likeness (QED) is 0.231. The summed E-state index contributed by atoms with van der Waals surface area (Å²) in [4.78, 5) is 17.6. The molecule has 2 N–H and O–H groups in total. The maximum absolute atomic E-state index is 11.8. The molecule has 0 saturated heterocycles. The average molecular weight is 496 g/mol. The number of ether oxygens (including phenoxy) is 4. The molecule has 0 aliphatic heterocycles. The summed E-state index contributed by atoms with van der Waals surface area (Å²) >= 11 is 0. The molecule has 0 bridgehead atoms. The van der Waals surface area contributed by atoms with E-state index in [1.165, 1.54) is 4.90 Å². The van der Waals surface area contributed by atoms with Crippen LogP contribution in [0.5, 0.6) is 17.2 Å². The Balaban J connectivity index is 0.00000676. The van der Waals surface area contributed by atoms with Gasteiger partial charge >= 0.3 is 0 Å². The van der Waals surface area contributed by atoms with E-state index in [2.05, 4.69) is 15.6 Å². The predicted molar refractivity (Wildman–Crippen MR) is 116 cm³/mol. The molecule has 0 aliphatic rings. The minimum absolute atomic E-state index is 0. The number of guanidine groups is 1. The van der Waals surface area contributed by atoms with Gasteiger partial charge in [0.25, 0.3) is 0 Å². The minimum Gasteiger partial charge on any atom is -0.493 e. The first-order valence-corrected chi connectivity index (χ1v) is 8.01. The van der Waals surface area contributed by atoms with E-state index >= 15 is 0 Å². The molecule has 27 heavy (non-hydrogen) atoms. The van der Waals surface area contributed by atoms with Crippen LogP contribution >= 0.6 is 24.0 Å². The first kappa shape index (κ1) is 25.1. The Hall–Kier alpha value is -1.95. The van der Waals surface area contributed by atoms with Gasteiger partial charge in [-0.2, -0.15) is 0 Å². The van der Waals surface area contributed by atoms with Gasteiger partial charge in [-0.1, -0.05) is 0 Å². The highest BCUT2D eigenvalue weighted by molar-refractivity contribution is 14.0. The number of anilines is 1. The lowest BCUT2D eigenvalue weighted by Gasteiger charge is -2.17. The van der Waals surface area contributed by atoms with Crippen LogP contribution in [0.15, 0.2) is 17.1 Å². The van der Waals surface area contributed by atoms with E-state index in [0.717, 1.165) is 0 Å². The fraction of sp³-hybridized carbons (Fsp3) is 0.529. The summed E-state index contributed by atoms with van der Waals surface area (Å²) in [5.74, 6) is 1.84. The second-order valence-corrected chi connectivity index (χ2v) is 5.41. The third-order valence-electron chi connectivity index (χ3n) is 3.40. The fourth-order valence-corrected chi connectivity index (χ4v) is 1.99. The topological polar surface area (TPSA) is 93.7 Å². The van der Waals surface area contributed by atoms with Crippen molar-refractivity contribution >= 4 is 41.5 Å². The van der Waals surface area contributed by atoms with Crippen molar-refractivity contribution in [1.82, 2.24) is 10.2 Å². The number of carbonyl (C=O) groups is 1. The molecule has 0 fully saturated rings. The molecule has 1 rings (SSSR count). The van der Waals surface area contributed by atoms with Crippen molar-refractivity contribution in [2.75, 3.05) is 67.5 Å². The Labute approximate surface area is 177 Å². The number of amides is 1. The van der Waals surface area contributed by atoms with Gasteiger partial charge in [-0.25, -0.2) is 4.99 Å². The number of benzene rings is 1. The molecule has 1 aromatic rings. The minimum atomic E-state index is -0.109. The number of nitrogens with zero attached hydrogens (tertiary/aromatic N) is 2. The highest BCUT2D eigenvalue weighted by atomic mass is 127. The van der Waals surface area contributed by atoms with E-state index in [1.54, 1.807) is 54.7 Å². The Kier molecular flexibility index (Phi) is 12.3. The Morgan fingerprint density at radius 1 is 1.07 bits per heavy atom. The van der Waals surface area contributed by atoms with Gasteiger partial charge in [-0.3, -0.25) is 4.79 Å². The van der Waals surface area contributed by atoms with Crippen LogP contribution in [0.3, 0.4) is 0 Å². The predicted octanol–water partition coefficient (Wildman–Crippen LogP) is 1.42. The van der Waals surface area contributed by atoms with Crippen LogP contribution in [0.4, 0.5) is 5.69 Å². The lowest BCUT2D eigenvalue weighted by molar-refractivity contribution is -0.127. The van der Waals surface area contributed by atoms with Crippen LogP contribution in [-0.2, 0) is 9.53 Å². The molecule has 0 atom stereocenters. The molecule has 10 heteroatoms. The summed E-state index contributed by atoms with van der Waals surface area (Å²) in [6.45, 7) is 1.04. The normalized spacial score (nSPS) is 10.5. The number of carbonyl (C=O) groups excluding carboxylic acids is 1. The number of hydrogen-bond acceptors (Lipinski definition) is 6. The molecule has 0 unspecified atom stereocenters. The first-order chi connectivity index (χ1) is 12.5. The maximum atomic E-state index is 11.8. The van der Waals surface area contributed by atoms with Gasteiger partial charge in [-0.05, 0) is 0 Å². The van der Waals surface area contributed by atoms with Gasteiger partial charge in [0.2, 0.25) is 11.7 Å². The molecule has 1 aromatic carbocycles. The molecule has 0 spiro atoms. The average Bonchev–Trinajstić information content (AvgIpc) is 2.64. The summed E-state index contributed by atoms with van der Waals surface area (Å²) in [5.41, 5.74) is 0.667. The van der Waals surface area contributed by atoms with Crippen molar-refractivity contribution in [3.63, 3.8) is 0 Å². The lowest BCUT2D eigenvalue weighted by Crippen LogP contribution is -2.35. The number of rotatable bonds is 9. The molecule has 154 valence electrons. The highest BCUT2D eigenvalue weighted by Crippen LogP contribution is 2.39. The van der Waals surface area contributed by atoms with Crippen molar-refractivity contribution in [2.45, 2.75) is 0 Å². The van der Waals surface area contributed by atoms with Crippen molar-refractivity contribution in [2.24, 2.45) is 4.99 Å². The van der Waals surface area contributed by atoms with Crippen molar-refractivity contribution < 1.29 is 23.7 Å². The van der Waals surface area contributed by atoms with Gasteiger partial charge in [0.15, 0.2) is 17.5 Å². The Morgan fingerprint density at radius 2 is 1.67 bits per heavy atom. The van der Waals surface area contributed by atoms with Crippen LogP contribution in [0, 0.1) is 0 Å². The van der Waals surface area contributed by atoms with E-state index in [0.29, 0.717) is 42.0 Å². The van der Waals surface area contributed by atoms with Crippen molar-refractivity contribution in [3.05, 3.63) is 12.1 Å². The number of hydrogen-bond donors (Lipinski definition) is 2. The second kappa shape index (κ2) is 13.3. The molecule has 0 saturated carbocycles. The zero-order chi connectivity index (χ0) is 19.5. The van der Waals surface area contributed by atoms with E-state index in [1.807, 2.05) is 0 Å². The second-order valence-electron chi connectivity index (χ2n) is 5.41. The molecule has 9 nitrogen and oxygen atoms in total. The number of aliphatic imine (C=N–C) groups is 1. The maximum Gasteiger partial charge on any atom is 0.243 e. The van der Waals surface area contributed by atoms with Gasteiger partial charge in [0.05, 0.1) is 27.9 Å². The highest BCUT2D eigenvalue weighted by Gasteiger charge is 2.14. The van der Waals surface area contributed by atoms with Crippen molar-refractivity contribution in [1.29, 1.82) is 0 Å². The van der Waals surface area contributed by atoms with Gasteiger partial charge in [-0.15, -0.1) is 24.0 Å². The lowest BCUT2D eigenvalue weighted by atomic mass is 10.2. The third-order valence-corrected chi connectivity index (χ3v) is 3.40. The van der Waals surface area contributed by atoms with E-state index < -0.39 is 0 Å². The summed E-state index contributed by atoms with van der Waals surface area (Å²) < 4.78 is 21.0. The number of likely N-dealkylation sites (N-methyl/N-ethyl adjacent to an activating group) is 1. The molecule has 0 heterocycles. The van der Waals surface area contributed by atoms with Crippen LogP contribution in [0.25, 0.3) is 0 Å². The molecular formula is C17H29IN4O5. The molecule has 0 aliphatic carbocycles. The van der Waals surface area contributed by atoms with Gasteiger partial charge in [0, 0.05) is 45.6 Å². The third kappa shape index (κ3) is 8.08. The first-order valence-electron chi connectivity index (χ1n) is 8.01. The zero-order valence-electron chi connectivity index (χ0n) is 16.6. The van der Waals surface area contributed by atoms with Gasteiger partial charge < -0.3 is 34.5 Å². The largest absolute Gasteiger partial charge is 0.493 e. The standard InChI is InChI=1S/C17H28N4O5.HI/c1-21(2)15(22)11-19-17(18-7-8-23-3)20-12-9-13(24-4)16(26-6)14(10-12)25-5;/h9-10H,7-8,11H2,1-6H3,(H2,18,19,20);1H. The molecule has 0 aromatic heterocycles. The van der Waals surface area contributed by atoms with E-state index in [4.69, 9.17) is 18.9 Å². The summed E-state index contributed by atoms with van der Waals surface area (Å²) in [5, 5.41) is 6.23. The number of nitrogens with one attached hydrogen (secondary N) is 2. The molecular weight excluding hydrogens is 467 g/mol. The smallest absolute Gasteiger partial charge is 0.243 e. The summed E-state index contributed by atoms with van der Waals surface area (Å²) in [7, 11) is 9.61. The van der Waals surface area contributed by atoms with Crippen LogP contribution in [-0.4, -0.2) is 79.0 Å². The fourth-order valence-electron chi connectivity index (χ4n) is 1.99. The Bertz CT molecular complexity index is 600. The summed E-state index contributed by atoms with van der Waals surface area (Å²) in [6, 6.07) is 3.51. The monoisotopic (exact) mass is 496 g/mol. The van der Waals surface area contributed by atoms with Crippen LogP contribution < -0.4 is 24.8 Å². The van der Waals surface area contributed by atoms with E-state index in [-0.39, 0.29) is 36.4 Å². The summed E-state index contributed by atoms with van der Waals surface area (Å²) in [6.07, 6.45) is 0. The van der Waals surface area contributed by atoms with Crippen LogP contribution in [0.2, 0.25) is 0 Å². The zero-order valence-corrected chi connectivity index (χ0v) is 19.0. The number of halogens is 1. The number of methoxy groups -OCH3 is 4. The SMILES string of the molecule is COCCNC(=NCC(=O)N(C)C)Nc1cc(OC)c(OC)c(OC)c1.I.